The van der Waals surface area contributed by atoms with Crippen LogP contribution in [0.5, 0.6) is 0 Å². The molecule has 5 rings (SSSR count). The number of fused-ring (bicyclic) bond motifs is 2. The molecule has 0 aliphatic carbocycles. The molecule has 0 radical (unpaired) electrons. The second-order valence-electron chi connectivity index (χ2n) is 11.0. The number of para-hydroxylation sites is 4. The Morgan fingerprint density at radius 1 is 0.814 bits per heavy atom. The van der Waals surface area contributed by atoms with Crippen LogP contribution in [0.1, 0.15) is 48.4 Å². The van der Waals surface area contributed by atoms with Crippen molar-refractivity contribution in [3.05, 3.63) is 100 Å². The molecule has 0 aliphatic rings. The highest BCUT2D eigenvalue weighted by molar-refractivity contribution is 5.97. The number of carboxylic acids is 2. The molecule has 0 unspecified atom stereocenters. The van der Waals surface area contributed by atoms with Gasteiger partial charge in [-0.15, -0.1) is 0 Å². The molecule has 11 nitrogen and oxygen atoms in total. The number of carboxylic acid groups (broad SMARTS) is 2. The normalized spacial score (nSPS) is 12.2. The van der Waals surface area contributed by atoms with Gasteiger partial charge in [0.05, 0.1) is 41.6 Å². The van der Waals surface area contributed by atoms with Gasteiger partial charge in [-0.2, -0.15) is 0 Å². The zero-order chi connectivity index (χ0) is 30.7. The van der Waals surface area contributed by atoms with Crippen molar-refractivity contribution in [1.82, 2.24) is 24.0 Å². The van der Waals surface area contributed by atoms with Crippen LogP contribution >= 0.6 is 0 Å². The second kappa shape index (κ2) is 12.4. The molecule has 0 saturated carbocycles. The van der Waals surface area contributed by atoms with Crippen molar-refractivity contribution < 1.29 is 24.6 Å². The average Bonchev–Trinajstić information content (AvgIpc) is 3.46. The fraction of sp³-hybridized carbons (Fsp3) is 0.281. The van der Waals surface area contributed by atoms with Crippen molar-refractivity contribution in [2.24, 2.45) is 5.92 Å². The van der Waals surface area contributed by atoms with E-state index < -0.39 is 30.3 Å². The zero-order valence-corrected chi connectivity index (χ0v) is 23.9. The first-order valence-corrected chi connectivity index (χ1v) is 14.1. The molecule has 5 aromatic rings. The Kier molecular flexibility index (Phi) is 8.42. The van der Waals surface area contributed by atoms with Gasteiger partial charge in [0.15, 0.2) is 0 Å². The van der Waals surface area contributed by atoms with Crippen molar-refractivity contribution in [2.75, 3.05) is 0 Å². The molecular formula is C32H33N5O6. The third kappa shape index (κ3) is 6.35. The van der Waals surface area contributed by atoms with Crippen LogP contribution in [0.2, 0.25) is 0 Å². The topological polar surface area (TPSA) is 148 Å². The summed E-state index contributed by atoms with van der Waals surface area (Å²) in [6, 6.07) is 20.4. The summed E-state index contributed by atoms with van der Waals surface area (Å²) < 4.78 is 5.61. The van der Waals surface area contributed by atoms with Crippen LogP contribution in [0.25, 0.3) is 22.1 Å². The van der Waals surface area contributed by atoms with Crippen LogP contribution < -0.4 is 11.0 Å². The quantitative estimate of drug-likeness (QED) is 0.201. The first-order chi connectivity index (χ1) is 20.6. The van der Waals surface area contributed by atoms with Gasteiger partial charge in [-0.1, -0.05) is 50.2 Å². The molecule has 0 fully saturated rings. The summed E-state index contributed by atoms with van der Waals surface area (Å²) in [5.74, 6) is -2.14. The molecule has 0 spiro atoms. The van der Waals surface area contributed by atoms with Gasteiger partial charge in [-0.25, -0.2) is 14.6 Å². The van der Waals surface area contributed by atoms with E-state index in [2.05, 4.69) is 29.8 Å². The maximum Gasteiger partial charge on any atom is 0.329 e. The highest BCUT2D eigenvalue weighted by Crippen LogP contribution is 2.21. The molecule has 222 valence electrons. The van der Waals surface area contributed by atoms with Crippen molar-refractivity contribution in [3.63, 3.8) is 0 Å². The lowest BCUT2D eigenvalue weighted by atomic mass is 10.1. The summed E-state index contributed by atoms with van der Waals surface area (Å²) in [6.45, 7) is 5.71. The maximum atomic E-state index is 13.9. The fourth-order valence-electron chi connectivity index (χ4n) is 5.16. The molecule has 2 heterocycles. The molecule has 11 heteroatoms. The summed E-state index contributed by atoms with van der Waals surface area (Å²) in [4.78, 5) is 53.6. The summed E-state index contributed by atoms with van der Waals surface area (Å²) in [6.07, 6.45) is 0.245. The number of rotatable bonds is 12. The number of carbonyl (C=O) groups is 3. The minimum absolute atomic E-state index is 0.176. The molecule has 43 heavy (non-hydrogen) atoms. The number of carbonyl (C=O) groups excluding carboxylic acids is 1. The first-order valence-electron chi connectivity index (χ1n) is 14.1. The SMILES string of the molecule is CC(C)CCn1c(Cn2c(=O)n(Cc3ccc(C(=O)N[C@@H](CC(=O)O)C(=O)O)cc3)c3ccccc32)nc2ccccc21. The Labute approximate surface area is 247 Å². The number of nitrogens with zero attached hydrogens (tertiary/aromatic N) is 4. The van der Waals surface area contributed by atoms with Gasteiger partial charge >= 0.3 is 17.6 Å². The first kappa shape index (κ1) is 29.3. The summed E-state index contributed by atoms with van der Waals surface area (Å²) in [5.41, 5.74) is 4.21. The van der Waals surface area contributed by atoms with Gasteiger partial charge in [0.1, 0.15) is 11.9 Å². The van der Waals surface area contributed by atoms with Crippen LogP contribution in [0.15, 0.2) is 77.6 Å². The van der Waals surface area contributed by atoms with Gasteiger partial charge in [-0.3, -0.25) is 18.7 Å². The molecule has 2 aromatic heterocycles. The number of benzene rings is 3. The number of nitrogens with one attached hydrogen (secondary N) is 1. The lowest BCUT2D eigenvalue weighted by molar-refractivity contribution is -0.145. The van der Waals surface area contributed by atoms with E-state index in [1.165, 1.54) is 12.1 Å². The Hall–Kier alpha value is -5.19. The van der Waals surface area contributed by atoms with Gasteiger partial charge in [-0.05, 0) is 54.3 Å². The van der Waals surface area contributed by atoms with Gasteiger partial charge < -0.3 is 20.1 Å². The van der Waals surface area contributed by atoms with Crippen molar-refractivity contribution in [3.8, 4) is 0 Å². The lowest BCUT2D eigenvalue weighted by Crippen LogP contribution is -2.42. The van der Waals surface area contributed by atoms with Gasteiger partial charge in [0.2, 0.25) is 0 Å². The number of aromatic nitrogens is 4. The van der Waals surface area contributed by atoms with Crippen molar-refractivity contribution >= 4 is 39.9 Å². The lowest BCUT2D eigenvalue weighted by Gasteiger charge is -2.12. The fourth-order valence-corrected chi connectivity index (χ4v) is 5.16. The smallest absolute Gasteiger partial charge is 0.329 e. The van der Waals surface area contributed by atoms with E-state index in [0.717, 1.165) is 46.4 Å². The summed E-state index contributed by atoms with van der Waals surface area (Å²) >= 11 is 0. The zero-order valence-electron chi connectivity index (χ0n) is 23.9. The molecule has 1 amide bonds. The number of aliphatic carboxylic acids is 2. The molecule has 0 bridgehead atoms. The van der Waals surface area contributed by atoms with Gasteiger partial charge in [0.25, 0.3) is 5.91 Å². The molecule has 0 saturated heterocycles. The van der Waals surface area contributed by atoms with Crippen molar-refractivity contribution in [2.45, 2.75) is 52.4 Å². The van der Waals surface area contributed by atoms with E-state index in [4.69, 9.17) is 10.1 Å². The van der Waals surface area contributed by atoms with Crippen LogP contribution in [-0.2, 0) is 29.2 Å². The number of hydrogen-bond donors (Lipinski definition) is 3. The van der Waals surface area contributed by atoms with Gasteiger partial charge in [0, 0.05) is 12.1 Å². The van der Waals surface area contributed by atoms with Crippen molar-refractivity contribution in [1.29, 1.82) is 0 Å². The number of hydrogen-bond acceptors (Lipinski definition) is 5. The number of aryl methyl sites for hydroxylation is 1. The molecule has 3 aromatic carbocycles. The number of imidazole rings is 2. The summed E-state index contributed by atoms with van der Waals surface area (Å²) in [5, 5.41) is 20.4. The summed E-state index contributed by atoms with van der Waals surface area (Å²) in [7, 11) is 0. The predicted molar refractivity (Wildman–Crippen MR) is 161 cm³/mol. The average molecular weight is 584 g/mol. The molecule has 3 N–H and O–H groups in total. The van der Waals surface area contributed by atoms with E-state index in [-0.39, 0.29) is 17.8 Å². The predicted octanol–water partition coefficient (Wildman–Crippen LogP) is 3.95. The Bertz CT molecular complexity index is 1870. The van der Waals surface area contributed by atoms with E-state index >= 15 is 0 Å². The van der Waals surface area contributed by atoms with Crippen LogP contribution in [-0.4, -0.2) is 52.8 Å². The Morgan fingerprint density at radius 3 is 2.02 bits per heavy atom. The third-order valence-electron chi connectivity index (χ3n) is 7.43. The van der Waals surface area contributed by atoms with Crippen LogP contribution in [0.4, 0.5) is 0 Å². The largest absolute Gasteiger partial charge is 0.481 e. The Balaban J connectivity index is 1.43. The van der Waals surface area contributed by atoms with E-state index in [1.807, 2.05) is 42.5 Å². The number of amides is 1. The maximum absolute atomic E-state index is 13.9. The van der Waals surface area contributed by atoms with Crippen LogP contribution in [0.3, 0.4) is 0 Å². The van der Waals surface area contributed by atoms with Crippen LogP contribution in [0, 0.1) is 5.92 Å². The Morgan fingerprint density at radius 2 is 1.42 bits per heavy atom. The standard InChI is InChI=1S/C32H33N5O6/c1-20(2)15-16-35-25-8-4-3-7-23(25)33-28(35)19-37-27-10-6-5-9-26(27)36(32(37)43)18-21-11-13-22(14-12-21)30(40)34-24(31(41)42)17-29(38)39/h3-14,20,24H,15-19H2,1-2H3,(H,34,40)(H,38,39)(H,41,42)/t24-/m0/s1. The molecule has 0 aliphatic heterocycles. The second-order valence-corrected chi connectivity index (χ2v) is 11.0. The molecule has 1 atom stereocenters. The van der Waals surface area contributed by atoms with E-state index in [1.54, 1.807) is 21.3 Å². The monoisotopic (exact) mass is 583 g/mol. The highest BCUT2D eigenvalue weighted by atomic mass is 16.4. The third-order valence-corrected chi connectivity index (χ3v) is 7.43. The molecular weight excluding hydrogens is 550 g/mol. The van der Waals surface area contributed by atoms with E-state index in [9.17, 15) is 24.3 Å². The minimum atomic E-state index is -1.55. The minimum Gasteiger partial charge on any atom is -0.481 e. The highest BCUT2D eigenvalue weighted by Gasteiger charge is 2.24. The van der Waals surface area contributed by atoms with E-state index in [0.29, 0.717) is 12.5 Å².